The van der Waals surface area contributed by atoms with Crippen LogP contribution in [0.5, 0.6) is 5.75 Å². The first kappa shape index (κ1) is 20.1. The molecule has 1 amide bonds. The third kappa shape index (κ3) is 3.45. The molecule has 1 aliphatic rings. The Morgan fingerprint density at radius 3 is 2.53 bits per heavy atom. The molecule has 0 saturated heterocycles. The van der Waals surface area contributed by atoms with Gasteiger partial charge < -0.3 is 19.0 Å². The second-order valence-electron chi connectivity index (χ2n) is 7.65. The van der Waals surface area contributed by atoms with Gasteiger partial charge in [-0.15, -0.1) is 0 Å². The van der Waals surface area contributed by atoms with Gasteiger partial charge in [-0.2, -0.15) is 0 Å². The van der Waals surface area contributed by atoms with Crippen molar-refractivity contribution < 1.29 is 18.3 Å². The van der Waals surface area contributed by atoms with Crippen molar-refractivity contribution >= 4 is 16.9 Å². The molecule has 2 aromatic carbocycles. The minimum Gasteiger partial charge on any atom is -0.497 e. The van der Waals surface area contributed by atoms with Gasteiger partial charge in [0.2, 0.25) is 5.76 Å². The summed E-state index contributed by atoms with van der Waals surface area (Å²) in [5.41, 5.74) is 0.857. The molecule has 0 radical (unpaired) electrons. The molecule has 4 rings (SSSR count). The van der Waals surface area contributed by atoms with E-state index in [1.54, 1.807) is 24.1 Å². The first-order valence-corrected chi connectivity index (χ1v) is 9.76. The molecule has 0 saturated carbocycles. The van der Waals surface area contributed by atoms with Gasteiger partial charge in [0.05, 0.1) is 24.1 Å². The Kier molecular flexibility index (Phi) is 5.30. The second-order valence-corrected chi connectivity index (χ2v) is 7.65. The van der Waals surface area contributed by atoms with E-state index in [4.69, 9.17) is 9.15 Å². The SMILES string of the molecule is COc1ccc([C@@H]2c3c(oc4ccc(F)cc4c3=O)C(=O)N2CCCN(C)C)cc1. The first-order chi connectivity index (χ1) is 14.4. The highest BCUT2D eigenvalue weighted by molar-refractivity contribution is 5.99. The maximum Gasteiger partial charge on any atom is 0.290 e. The van der Waals surface area contributed by atoms with Crippen LogP contribution in [-0.2, 0) is 0 Å². The number of amides is 1. The Labute approximate surface area is 173 Å². The van der Waals surface area contributed by atoms with E-state index in [1.807, 2.05) is 31.1 Å². The zero-order chi connectivity index (χ0) is 21.4. The molecule has 0 bridgehead atoms. The zero-order valence-electron chi connectivity index (χ0n) is 17.1. The van der Waals surface area contributed by atoms with Crippen molar-refractivity contribution in [1.29, 1.82) is 0 Å². The lowest BCUT2D eigenvalue weighted by molar-refractivity contribution is 0.0722. The third-order valence-corrected chi connectivity index (χ3v) is 5.36. The number of hydrogen-bond donors (Lipinski definition) is 0. The van der Waals surface area contributed by atoms with Crippen LogP contribution >= 0.6 is 0 Å². The minimum absolute atomic E-state index is 0.0322. The zero-order valence-corrected chi connectivity index (χ0v) is 17.1. The topological polar surface area (TPSA) is 63.0 Å². The quantitative estimate of drug-likeness (QED) is 0.623. The summed E-state index contributed by atoms with van der Waals surface area (Å²) in [4.78, 5) is 30.2. The van der Waals surface area contributed by atoms with E-state index >= 15 is 0 Å². The van der Waals surface area contributed by atoms with Crippen molar-refractivity contribution in [2.75, 3.05) is 34.3 Å². The van der Waals surface area contributed by atoms with Crippen LogP contribution < -0.4 is 10.2 Å². The van der Waals surface area contributed by atoms with E-state index in [1.165, 1.54) is 12.1 Å². The van der Waals surface area contributed by atoms with Crippen molar-refractivity contribution in [3.63, 3.8) is 0 Å². The minimum atomic E-state index is -0.593. The van der Waals surface area contributed by atoms with E-state index in [9.17, 15) is 14.0 Å². The van der Waals surface area contributed by atoms with Gasteiger partial charge in [-0.3, -0.25) is 9.59 Å². The van der Waals surface area contributed by atoms with Crippen LogP contribution in [-0.4, -0.2) is 50.0 Å². The number of methoxy groups -OCH3 is 1. The maximum absolute atomic E-state index is 13.8. The predicted molar refractivity (Wildman–Crippen MR) is 111 cm³/mol. The average Bonchev–Trinajstić information content (AvgIpc) is 3.01. The van der Waals surface area contributed by atoms with Crippen molar-refractivity contribution in [3.8, 4) is 5.75 Å². The Morgan fingerprint density at radius 1 is 1.13 bits per heavy atom. The van der Waals surface area contributed by atoms with Gasteiger partial charge in [-0.1, -0.05) is 12.1 Å². The Balaban J connectivity index is 1.86. The smallest absolute Gasteiger partial charge is 0.290 e. The van der Waals surface area contributed by atoms with Crippen LogP contribution in [0.1, 0.15) is 34.1 Å². The molecule has 0 aliphatic carbocycles. The number of fused-ring (bicyclic) bond motifs is 2. The molecule has 3 aromatic rings. The van der Waals surface area contributed by atoms with Crippen LogP contribution in [0.4, 0.5) is 4.39 Å². The molecule has 1 aliphatic heterocycles. The van der Waals surface area contributed by atoms with Gasteiger partial charge >= 0.3 is 0 Å². The van der Waals surface area contributed by atoms with Crippen LogP contribution in [0, 0.1) is 5.82 Å². The van der Waals surface area contributed by atoms with E-state index in [0.717, 1.165) is 24.6 Å². The molecule has 6 nitrogen and oxygen atoms in total. The van der Waals surface area contributed by atoms with Crippen LogP contribution in [0.3, 0.4) is 0 Å². The fourth-order valence-corrected chi connectivity index (χ4v) is 3.91. The second kappa shape index (κ2) is 7.91. The number of carbonyl (C=O) groups excluding carboxylic acids is 1. The van der Waals surface area contributed by atoms with Gasteiger partial charge in [0.25, 0.3) is 5.91 Å². The summed E-state index contributed by atoms with van der Waals surface area (Å²) < 4.78 is 24.8. The fraction of sp³-hybridized carbons (Fsp3) is 0.304. The maximum atomic E-state index is 13.8. The largest absolute Gasteiger partial charge is 0.497 e. The van der Waals surface area contributed by atoms with Crippen LogP contribution in [0.25, 0.3) is 11.0 Å². The number of rotatable bonds is 6. The lowest BCUT2D eigenvalue weighted by Crippen LogP contribution is -2.32. The Morgan fingerprint density at radius 2 is 1.87 bits per heavy atom. The highest BCUT2D eigenvalue weighted by atomic mass is 19.1. The molecule has 1 atom stereocenters. The average molecular weight is 410 g/mol. The van der Waals surface area contributed by atoms with Gasteiger partial charge in [-0.05, 0) is 63.0 Å². The van der Waals surface area contributed by atoms with Crippen LogP contribution in [0.15, 0.2) is 51.7 Å². The summed E-state index contributed by atoms with van der Waals surface area (Å²) in [6, 6.07) is 10.4. The number of halogens is 1. The van der Waals surface area contributed by atoms with E-state index in [-0.39, 0.29) is 33.6 Å². The lowest BCUT2D eigenvalue weighted by Gasteiger charge is -2.25. The van der Waals surface area contributed by atoms with Gasteiger partial charge in [0, 0.05) is 6.54 Å². The Bertz CT molecular complexity index is 1150. The molecular formula is C23H23FN2O4. The number of carbonyl (C=O) groups is 1. The highest BCUT2D eigenvalue weighted by Crippen LogP contribution is 2.38. The predicted octanol–water partition coefficient (Wildman–Crippen LogP) is 3.44. The van der Waals surface area contributed by atoms with Gasteiger partial charge in [-0.25, -0.2) is 4.39 Å². The fourth-order valence-electron chi connectivity index (χ4n) is 3.91. The van der Waals surface area contributed by atoms with Crippen molar-refractivity contribution in [3.05, 3.63) is 75.4 Å². The molecule has 30 heavy (non-hydrogen) atoms. The summed E-state index contributed by atoms with van der Waals surface area (Å²) in [5.74, 6) is -0.143. The molecule has 7 heteroatoms. The monoisotopic (exact) mass is 410 g/mol. The van der Waals surface area contributed by atoms with Gasteiger partial charge in [0.15, 0.2) is 5.43 Å². The number of ether oxygens (including phenoxy) is 1. The number of nitrogens with zero attached hydrogens (tertiary/aromatic N) is 2. The van der Waals surface area contributed by atoms with Gasteiger partial charge in [0.1, 0.15) is 17.1 Å². The molecule has 1 aromatic heterocycles. The highest BCUT2D eigenvalue weighted by Gasteiger charge is 2.42. The van der Waals surface area contributed by atoms with E-state index < -0.39 is 11.9 Å². The van der Waals surface area contributed by atoms with Crippen molar-refractivity contribution in [2.45, 2.75) is 12.5 Å². The summed E-state index contributed by atoms with van der Waals surface area (Å²) in [6.07, 6.45) is 0.738. The van der Waals surface area contributed by atoms with Crippen LogP contribution in [0.2, 0.25) is 0 Å². The summed E-state index contributed by atoms with van der Waals surface area (Å²) in [7, 11) is 5.51. The molecule has 0 fully saturated rings. The third-order valence-electron chi connectivity index (χ3n) is 5.36. The lowest BCUT2D eigenvalue weighted by atomic mass is 9.98. The molecule has 0 spiro atoms. The van der Waals surface area contributed by atoms with Crippen molar-refractivity contribution in [2.24, 2.45) is 0 Å². The molecule has 0 unspecified atom stereocenters. The number of benzene rings is 2. The van der Waals surface area contributed by atoms with E-state index in [2.05, 4.69) is 0 Å². The standard InChI is InChI=1S/C23H23FN2O4/c1-25(2)11-4-12-26-20(14-5-8-16(29-3)9-6-14)19-21(27)17-13-15(24)7-10-18(17)30-22(19)23(26)28/h5-10,13,20H,4,11-12H2,1-3H3/t20-/m1/s1. The molecule has 0 N–H and O–H groups in total. The van der Waals surface area contributed by atoms with Crippen molar-refractivity contribution in [1.82, 2.24) is 9.80 Å². The molecule has 2 heterocycles. The Hall–Kier alpha value is -3.19. The number of hydrogen-bond acceptors (Lipinski definition) is 5. The van der Waals surface area contributed by atoms with E-state index in [0.29, 0.717) is 12.3 Å². The first-order valence-electron chi connectivity index (χ1n) is 9.76. The normalized spacial score (nSPS) is 15.8. The molecule has 156 valence electrons. The summed E-state index contributed by atoms with van der Waals surface area (Å²) >= 11 is 0. The molecular weight excluding hydrogens is 387 g/mol. The summed E-state index contributed by atoms with van der Waals surface area (Å²) in [5, 5.41) is 0.134. The summed E-state index contributed by atoms with van der Waals surface area (Å²) in [6.45, 7) is 1.26.